The van der Waals surface area contributed by atoms with Gasteiger partial charge in [-0.15, -0.1) is 0 Å². The first kappa shape index (κ1) is 8.51. The van der Waals surface area contributed by atoms with Crippen LogP contribution in [0.25, 0.3) is 0 Å². The van der Waals surface area contributed by atoms with Crippen molar-refractivity contribution in [3.8, 4) is 0 Å². The van der Waals surface area contributed by atoms with Crippen LogP contribution in [0, 0.1) is 11.3 Å². The highest BCUT2D eigenvalue weighted by molar-refractivity contribution is 6.05. The number of carbonyl (C=O) groups is 3. The molecule has 0 spiro atoms. The number of rotatable bonds is 3. The zero-order valence-electron chi connectivity index (χ0n) is 5.73. The van der Waals surface area contributed by atoms with Crippen molar-refractivity contribution in [3.63, 3.8) is 0 Å². The Morgan fingerprint density at radius 1 is 1.08 bits per heavy atom. The van der Waals surface area contributed by atoms with Crippen molar-refractivity contribution in [2.45, 2.75) is 6.42 Å². The van der Waals surface area contributed by atoms with Crippen molar-refractivity contribution in [2.75, 3.05) is 0 Å². The molecule has 0 aromatic rings. The van der Waals surface area contributed by atoms with Crippen LogP contribution in [0.15, 0.2) is 0 Å². The average molecular weight is 171 g/mol. The van der Waals surface area contributed by atoms with Crippen LogP contribution in [-0.4, -0.2) is 17.9 Å². The Bertz CT molecular complexity index is 253. The molecule has 0 amide bonds. The van der Waals surface area contributed by atoms with E-state index in [2.05, 4.69) is 0 Å². The van der Waals surface area contributed by atoms with E-state index in [-0.39, 0.29) is 0 Å². The minimum absolute atomic E-state index is 0.514. The van der Waals surface area contributed by atoms with Crippen LogP contribution in [0.2, 0.25) is 0 Å². The second-order valence-electron chi connectivity index (χ2n) is 2.62. The summed E-state index contributed by atoms with van der Waals surface area (Å²) in [6.07, 6.45) is -0.514. The molecule has 0 aromatic heterocycles. The predicted octanol–water partition coefficient (Wildman–Crippen LogP) is -4.76. The first-order valence-electron chi connectivity index (χ1n) is 3.06. The smallest absolute Gasteiger partial charge is 0.0581 e. The highest BCUT2D eigenvalue weighted by atomic mass is 16.4. The fourth-order valence-electron chi connectivity index (χ4n) is 1.08. The summed E-state index contributed by atoms with van der Waals surface area (Å²) in [5.74, 6) is -7.09. The summed E-state index contributed by atoms with van der Waals surface area (Å²) in [4.78, 5) is 30.5. The van der Waals surface area contributed by atoms with Gasteiger partial charge in [-0.3, -0.25) is 0 Å². The zero-order chi connectivity index (χ0) is 9.52. The van der Waals surface area contributed by atoms with Gasteiger partial charge in [-0.1, -0.05) is 0 Å². The second kappa shape index (κ2) is 2.20. The maximum Gasteiger partial charge on any atom is 0.0581 e. The van der Waals surface area contributed by atoms with E-state index in [1.165, 1.54) is 0 Å². The molecule has 0 saturated heterocycles. The molecule has 0 unspecified atom stereocenters. The number of hydrogen-bond donors (Lipinski definition) is 0. The molecular weight excluding hydrogens is 168 g/mol. The molecule has 1 fully saturated rings. The molecule has 0 heterocycles. The largest absolute Gasteiger partial charge is 0.550 e. The summed E-state index contributed by atoms with van der Waals surface area (Å²) < 4.78 is 0. The van der Waals surface area contributed by atoms with Gasteiger partial charge in [0.2, 0.25) is 0 Å². The molecule has 0 radical (unpaired) electrons. The monoisotopic (exact) mass is 171 g/mol. The van der Waals surface area contributed by atoms with Gasteiger partial charge in [0, 0.05) is 11.9 Å². The number of hydrogen-bond acceptors (Lipinski definition) is 6. The standard InChI is InChI=1S/C6H6O6/c7-3(8)2-1-6(2,4(9)10)5(11)12/h2H,1H2,(H,7,8)(H,9,10)(H,11,12)/p-3/t2-/m0/s1. The van der Waals surface area contributed by atoms with Crippen LogP contribution < -0.4 is 15.3 Å². The van der Waals surface area contributed by atoms with Crippen molar-refractivity contribution in [1.29, 1.82) is 0 Å². The van der Waals surface area contributed by atoms with Crippen LogP contribution in [0.3, 0.4) is 0 Å². The van der Waals surface area contributed by atoms with Crippen molar-refractivity contribution in [3.05, 3.63) is 0 Å². The molecule has 1 aliphatic carbocycles. The topological polar surface area (TPSA) is 120 Å². The van der Waals surface area contributed by atoms with Gasteiger partial charge < -0.3 is 29.7 Å². The molecule has 0 N–H and O–H groups in total. The molecular formula is C6H3O6-3. The lowest BCUT2D eigenvalue weighted by Crippen LogP contribution is -2.48. The summed E-state index contributed by atoms with van der Waals surface area (Å²) in [6, 6.07) is 0. The van der Waals surface area contributed by atoms with Gasteiger partial charge in [0.25, 0.3) is 0 Å². The minimum Gasteiger partial charge on any atom is -0.550 e. The summed E-state index contributed by atoms with van der Waals surface area (Å²) in [6.45, 7) is 0. The van der Waals surface area contributed by atoms with E-state index in [4.69, 9.17) is 0 Å². The molecule has 1 saturated carbocycles. The Morgan fingerprint density at radius 2 is 1.50 bits per heavy atom. The highest BCUT2D eigenvalue weighted by Gasteiger charge is 2.57. The van der Waals surface area contributed by atoms with Gasteiger partial charge in [0.05, 0.1) is 17.4 Å². The molecule has 0 aromatic carbocycles. The van der Waals surface area contributed by atoms with E-state index in [1.807, 2.05) is 0 Å². The number of carboxylic acids is 3. The third kappa shape index (κ3) is 0.843. The Kier molecular flexibility index (Phi) is 1.56. The molecule has 1 rings (SSSR count). The number of aliphatic carboxylic acids is 3. The fourth-order valence-corrected chi connectivity index (χ4v) is 1.08. The molecule has 1 atom stereocenters. The Labute approximate surface area is 66.4 Å². The maximum atomic E-state index is 10.2. The Hall–Kier alpha value is -1.59. The van der Waals surface area contributed by atoms with Crippen LogP contribution >= 0.6 is 0 Å². The lowest BCUT2D eigenvalue weighted by Gasteiger charge is -2.19. The van der Waals surface area contributed by atoms with Crippen LogP contribution in [-0.2, 0) is 14.4 Å². The summed E-state index contributed by atoms with van der Waals surface area (Å²) >= 11 is 0. The highest BCUT2D eigenvalue weighted by Crippen LogP contribution is 2.51. The fraction of sp³-hybridized carbons (Fsp3) is 0.500. The van der Waals surface area contributed by atoms with Gasteiger partial charge in [0.15, 0.2) is 0 Å². The molecule has 6 heteroatoms. The second-order valence-corrected chi connectivity index (χ2v) is 2.62. The van der Waals surface area contributed by atoms with E-state index in [0.717, 1.165) is 0 Å². The van der Waals surface area contributed by atoms with E-state index in [9.17, 15) is 29.7 Å². The lowest BCUT2D eigenvalue weighted by molar-refractivity contribution is -0.340. The molecule has 66 valence electrons. The third-order valence-corrected chi connectivity index (χ3v) is 1.97. The van der Waals surface area contributed by atoms with Gasteiger partial charge in [0.1, 0.15) is 0 Å². The summed E-state index contributed by atoms with van der Waals surface area (Å²) in [5, 5.41) is 30.5. The van der Waals surface area contributed by atoms with Crippen molar-refractivity contribution < 1.29 is 29.7 Å². The lowest BCUT2D eigenvalue weighted by atomic mass is 10.1. The molecule has 12 heavy (non-hydrogen) atoms. The first-order chi connectivity index (χ1) is 5.43. The van der Waals surface area contributed by atoms with Gasteiger partial charge in [-0.05, 0) is 6.42 Å². The molecule has 0 aliphatic heterocycles. The van der Waals surface area contributed by atoms with Gasteiger partial charge in [-0.2, -0.15) is 0 Å². The van der Waals surface area contributed by atoms with Crippen LogP contribution in [0.4, 0.5) is 0 Å². The SMILES string of the molecule is O=C([O-])[C@@H]1CC1(C(=O)[O-])C(=O)[O-]. The Morgan fingerprint density at radius 3 is 1.58 bits per heavy atom. The summed E-state index contributed by atoms with van der Waals surface area (Å²) in [7, 11) is 0. The number of carbonyl (C=O) groups excluding carboxylic acids is 3. The van der Waals surface area contributed by atoms with E-state index < -0.39 is 35.7 Å². The van der Waals surface area contributed by atoms with Gasteiger partial charge >= 0.3 is 0 Å². The predicted molar refractivity (Wildman–Crippen MR) is 25.6 cm³/mol. The quantitative estimate of drug-likeness (QED) is 0.393. The molecule has 6 nitrogen and oxygen atoms in total. The van der Waals surface area contributed by atoms with E-state index >= 15 is 0 Å². The first-order valence-corrected chi connectivity index (χ1v) is 3.06. The average Bonchev–Trinajstić information content (AvgIpc) is 2.60. The van der Waals surface area contributed by atoms with Crippen LogP contribution in [0.1, 0.15) is 6.42 Å². The zero-order valence-corrected chi connectivity index (χ0v) is 5.73. The Balaban J connectivity index is 2.90. The minimum atomic E-state index is -2.36. The van der Waals surface area contributed by atoms with Gasteiger partial charge in [-0.25, -0.2) is 0 Å². The summed E-state index contributed by atoms with van der Waals surface area (Å²) in [5.41, 5.74) is -2.36. The normalized spacial score (nSPS) is 24.5. The van der Waals surface area contributed by atoms with E-state index in [0.29, 0.717) is 0 Å². The molecule has 0 bridgehead atoms. The van der Waals surface area contributed by atoms with Crippen molar-refractivity contribution in [2.24, 2.45) is 11.3 Å². The van der Waals surface area contributed by atoms with E-state index in [1.54, 1.807) is 0 Å². The van der Waals surface area contributed by atoms with Crippen molar-refractivity contribution >= 4 is 17.9 Å². The number of carboxylic acid groups (broad SMARTS) is 3. The molecule has 1 aliphatic rings. The van der Waals surface area contributed by atoms with Crippen LogP contribution in [0.5, 0.6) is 0 Å². The third-order valence-electron chi connectivity index (χ3n) is 1.97. The van der Waals surface area contributed by atoms with Crippen molar-refractivity contribution in [1.82, 2.24) is 0 Å². The maximum absolute atomic E-state index is 10.2.